The lowest BCUT2D eigenvalue weighted by Gasteiger charge is -2.09. The molecule has 0 saturated carbocycles. The van der Waals surface area contributed by atoms with Gasteiger partial charge in [0.15, 0.2) is 5.78 Å². The van der Waals surface area contributed by atoms with Crippen LogP contribution in [0.3, 0.4) is 0 Å². The maximum Gasteiger partial charge on any atom is 0.161 e. The van der Waals surface area contributed by atoms with Gasteiger partial charge in [0, 0.05) is 22.7 Å². The van der Waals surface area contributed by atoms with Gasteiger partial charge in [0.1, 0.15) is 0 Å². The highest BCUT2D eigenvalue weighted by Crippen LogP contribution is 2.24. The Morgan fingerprint density at radius 3 is 2.79 bits per heavy atom. The number of carbonyl (C=O) groups excluding carboxylic acids is 1. The summed E-state index contributed by atoms with van der Waals surface area (Å²) in [6.45, 7) is 2.15. The fourth-order valence-corrected chi connectivity index (χ4v) is 3.12. The number of hydrogen-bond donors (Lipinski definition) is 1. The Hall–Kier alpha value is -1.64. The third-order valence-corrected chi connectivity index (χ3v) is 4.23. The molecular weight excluding hydrogens is 324 g/mol. The molecule has 1 N–H and O–H groups in total. The Labute approximate surface area is 124 Å². The minimum atomic E-state index is -0.0145. The van der Waals surface area contributed by atoms with E-state index in [1.54, 1.807) is 29.5 Å². The van der Waals surface area contributed by atoms with Gasteiger partial charge in [-0.25, -0.2) is 0 Å². The number of thiophene rings is 1. The van der Waals surface area contributed by atoms with E-state index in [9.17, 15) is 4.79 Å². The number of hydrogen-bond acceptors (Lipinski definition) is 4. The molecule has 0 fully saturated rings. The standard InChI is InChI=1S/C14H11BrN2OS/c1-9(18)12-4-2-10(7-16)6-13(12)17-8-11-3-5-14(15)19-11/h2-6,17H,8H2,1H3. The zero-order valence-corrected chi connectivity index (χ0v) is 12.6. The number of nitrogens with one attached hydrogen (secondary N) is 1. The van der Waals surface area contributed by atoms with Crippen LogP contribution in [0.1, 0.15) is 27.7 Å². The van der Waals surface area contributed by atoms with Gasteiger partial charge in [-0.1, -0.05) is 0 Å². The average Bonchev–Trinajstić information content (AvgIpc) is 2.81. The number of nitrogens with zero attached hydrogens (tertiary/aromatic N) is 1. The first-order valence-corrected chi connectivity index (χ1v) is 7.24. The van der Waals surface area contributed by atoms with Gasteiger partial charge in [-0.15, -0.1) is 11.3 Å². The van der Waals surface area contributed by atoms with Crippen molar-refractivity contribution in [1.82, 2.24) is 0 Å². The first-order chi connectivity index (χ1) is 9.10. The van der Waals surface area contributed by atoms with Crippen molar-refractivity contribution >= 4 is 38.7 Å². The van der Waals surface area contributed by atoms with Crippen molar-refractivity contribution in [1.29, 1.82) is 5.26 Å². The van der Waals surface area contributed by atoms with Gasteiger partial charge >= 0.3 is 0 Å². The van der Waals surface area contributed by atoms with Gasteiger partial charge in [0.05, 0.1) is 15.4 Å². The van der Waals surface area contributed by atoms with Crippen LogP contribution in [-0.4, -0.2) is 5.78 Å². The van der Waals surface area contributed by atoms with E-state index in [2.05, 4.69) is 27.3 Å². The number of anilines is 1. The second-order valence-electron chi connectivity index (χ2n) is 3.99. The van der Waals surface area contributed by atoms with E-state index in [0.717, 1.165) is 8.66 Å². The van der Waals surface area contributed by atoms with Crippen molar-refractivity contribution in [2.45, 2.75) is 13.5 Å². The highest BCUT2D eigenvalue weighted by molar-refractivity contribution is 9.11. The molecule has 1 aromatic heterocycles. The monoisotopic (exact) mass is 334 g/mol. The smallest absolute Gasteiger partial charge is 0.161 e. The first-order valence-electron chi connectivity index (χ1n) is 5.63. The van der Waals surface area contributed by atoms with Gasteiger partial charge in [-0.05, 0) is 53.2 Å². The first kappa shape index (κ1) is 13.8. The number of rotatable bonds is 4. The summed E-state index contributed by atoms with van der Waals surface area (Å²) in [4.78, 5) is 12.7. The maximum atomic E-state index is 11.6. The Bertz CT molecular complexity index is 658. The highest BCUT2D eigenvalue weighted by atomic mass is 79.9. The number of ketones is 1. The summed E-state index contributed by atoms with van der Waals surface area (Å²) >= 11 is 5.05. The summed E-state index contributed by atoms with van der Waals surface area (Å²) in [7, 11) is 0. The second kappa shape index (κ2) is 6.00. The van der Waals surface area contributed by atoms with Crippen LogP contribution in [0.25, 0.3) is 0 Å². The number of benzene rings is 1. The molecule has 0 radical (unpaired) electrons. The fraction of sp³-hybridized carbons (Fsp3) is 0.143. The van der Waals surface area contributed by atoms with E-state index in [-0.39, 0.29) is 5.78 Å². The van der Waals surface area contributed by atoms with E-state index in [0.29, 0.717) is 23.4 Å². The average molecular weight is 335 g/mol. The summed E-state index contributed by atoms with van der Waals surface area (Å²) in [5.41, 5.74) is 1.85. The number of nitriles is 1. The normalized spacial score (nSPS) is 9.95. The minimum absolute atomic E-state index is 0.0145. The van der Waals surface area contributed by atoms with E-state index in [1.165, 1.54) is 6.92 Å². The third-order valence-electron chi connectivity index (χ3n) is 2.61. The van der Waals surface area contributed by atoms with Crippen LogP contribution in [0, 0.1) is 11.3 Å². The largest absolute Gasteiger partial charge is 0.380 e. The van der Waals surface area contributed by atoms with E-state index >= 15 is 0 Å². The Morgan fingerprint density at radius 2 is 2.21 bits per heavy atom. The number of halogens is 1. The molecule has 1 heterocycles. The quantitative estimate of drug-likeness (QED) is 0.852. The summed E-state index contributed by atoms with van der Waals surface area (Å²) < 4.78 is 1.07. The SMILES string of the molecule is CC(=O)c1ccc(C#N)cc1NCc1ccc(Br)s1. The second-order valence-corrected chi connectivity index (χ2v) is 6.54. The Morgan fingerprint density at radius 1 is 1.42 bits per heavy atom. The molecular formula is C14H11BrN2OS. The summed E-state index contributed by atoms with van der Waals surface area (Å²) in [5, 5.41) is 12.1. The molecule has 2 rings (SSSR count). The zero-order valence-electron chi connectivity index (χ0n) is 10.2. The third kappa shape index (κ3) is 3.43. The zero-order chi connectivity index (χ0) is 13.8. The summed E-state index contributed by atoms with van der Waals surface area (Å²) in [6.07, 6.45) is 0. The lowest BCUT2D eigenvalue weighted by atomic mass is 10.1. The van der Waals surface area contributed by atoms with Crippen molar-refractivity contribution in [3.63, 3.8) is 0 Å². The summed E-state index contributed by atoms with van der Waals surface area (Å²) in [6, 6.07) is 11.1. The number of Topliss-reactive ketones (excluding diaryl/α,β-unsaturated/α-hetero) is 1. The van der Waals surface area contributed by atoms with Gasteiger partial charge in [-0.3, -0.25) is 4.79 Å². The van der Waals surface area contributed by atoms with Crippen molar-refractivity contribution in [3.05, 3.63) is 50.1 Å². The van der Waals surface area contributed by atoms with Crippen molar-refractivity contribution < 1.29 is 4.79 Å². The maximum absolute atomic E-state index is 11.6. The molecule has 3 nitrogen and oxygen atoms in total. The van der Waals surface area contributed by atoms with Crippen LogP contribution in [-0.2, 0) is 6.54 Å². The highest BCUT2D eigenvalue weighted by Gasteiger charge is 2.08. The molecule has 19 heavy (non-hydrogen) atoms. The van der Waals surface area contributed by atoms with Gasteiger partial charge in [0.25, 0.3) is 0 Å². The van der Waals surface area contributed by atoms with E-state index in [4.69, 9.17) is 5.26 Å². The van der Waals surface area contributed by atoms with E-state index in [1.807, 2.05) is 12.1 Å². The molecule has 0 unspecified atom stereocenters. The topological polar surface area (TPSA) is 52.9 Å². The Balaban J connectivity index is 2.22. The minimum Gasteiger partial charge on any atom is -0.380 e. The predicted molar refractivity (Wildman–Crippen MR) is 80.5 cm³/mol. The van der Waals surface area contributed by atoms with E-state index < -0.39 is 0 Å². The van der Waals surface area contributed by atoms with Crippen LogP contribution in [0.15, 0.2) is 34.1 Å². The van der Waals surface area contributed by atoms with Crippen LogP contribution in [0.2, 0.25) is 0 Å². The lowest BCUT2D eigenvalue weighted by Crippen LogP contribution is -2.04. The molecule has 0 saturated heterocycles. The van der Waals surface area contributed by atoms with Crippen LogP contribution >= 0.6 is 27.3 Å². The molecule has 0 aliphatic carbocycles. The molecule has 0 atom stereocenters. The van der Waals surface area contributed by atoms with Gasteiger partial charge in [-0.2, -0.15) is 5.26 Å². The van der Waals surface area contributed by atoms with Crippen LogP contribution in [0.4, 0.5) is 5.69 Å². The van der Waals surface area contributed by atoms with Crippen molar-refractivity contribution in [2.24, 2.45) is 0 Å². The molecule has 0 bridgehead atoms. The number of carbonyl (C=O) groups is 1. The van der Waals surface area contributed by atoms with Crippen molar-refractivity contribution in [3.8, 4) is 6.07 Å². The van der Waals surface area contributed by atoms with Crippen LogP contribution in [0.5, 0.6) is 0 Å². The molecule has 5 heteroatoms. The van der Waals surface area contributed by atoms with Crippen molar-refractivity contribution in [2.75, 3.05) is 5.32 Å². The molecule has 0 spiro atoms. The van der Waals surface area contributed by atoms with Gasteiger partial charge < -0.3 is 5.32 Å². The van der Waals surface area contributed by atoms with Gasteiger partial charge in [0.2, 0.25) is 0 Å². The predicted octanol–water partition coefficient (Wildman–Crippen LogP) is 4.20. The molecule has 1 aromatic carbocycles. The molecule has 0 aliphatic rings. The molecule has 0 amide bonds. The fourth-order valence-electron chi connectivity index (χ4n) is 1.70. The molecule has 0 aliphatic heterocycles. The molecule has 2 aromatic rings. The molecule has 96 valence electrons. The lowest BCUT2D eigenvalue weighted by molar-refractivity contribution is 0.101. The van der Waals surface area contributed by atoms with Crippen LogP contribution < -0.4 is 5.32 Å². The Kier molecular flexibility index (Phi) is 4.35. The summed E-state index contributed by atoms with van der Waals surface area (Å²) in [5.74, 6) is -0.0145.